The van der Waals surface area contributed by atoms with Gasteiger partial charge in [0.2, 0.25) is 0 Å². The van der Waals surface area contributed by atoms with Crippen molar-refractivity contribution in [1.29, 1.82) is 0 Å². The van der Waals surface area contributed by atoms with E-state index in [2.05, 4.69) is 16.0 Å². The molecule has 0 radical (unpaired) electrons. The second-order valence-corrected chi connectivity index (χ2v) is 9.69. The van der Waals surface area contributed by atoms with Gasteiger partial charge in [-0.3, -0.25) is 4.90 Å². The fourth-order valence-corrected chi connectivity index (χ4v) is 4.48. The van der Waals surface area contributed by atoms with Crippen LogP contribution in [0.4, 0.5) is 0 Å². The zero-order valence-corrected chi connectivity index (χ0v) is 16.6. The maximum atomic E-state index is 12.5. The van der Waals surface area contributed by atoms with Crippen LogP contribution in [-0.2, 0) is 16.4 Å². The van der Waals surface area contributed by atoms with Gasteiger partial charge in [-0.2, -0.15) is 0 Å². The number of likely N-dealkylation sites (tertiary alicyclic amines) is 1. The lowest BCUT2D eigenvalue weighted by molar-refractivity contribution is 0.219. The summed E-state index contributed by atoms with van der Waals surface area (Å²) in [7, 11) is -1.72. The van der Waals surface area contributed by atoms with Crippen molar-refractivity contribution in [1.82, 2.24) is 9.88 Å². The zero-order valence-electron chi connectivity index (χ0n) is 15.8. The Morgan fingerprint density at radius 3 is 2.50 bits per heavy atom. The first-order valence-corrected chi connectivity index (χ1v) is 10.8. The van der Waals surface area contributed by atoms with Crippen LogP contribution in [-0.4, -0.2) is 43.8 Å². The van der Waals surface area contributed by atoms with Gasteiger partial charge in [-0.15, -0.1) is 0 Å². The molecule has 3 rings (SSSR count). The average Bonchev–Trinajstić information content (AvgIpc) is 3.10. The van der Waals surface area contributed by atoms with Crippen LogP contribution < -0.4 is 4.74 Å². The molecule has 0 amide bonds. The van der Waals surface area contributed by atoms with E-state index in [0.717, 1.165) is 36.6 Å². The average molecular weight is 377 g/mol. The van der Waals surface area contributed by atoms with Gasteiger partial charge in [-0.1, -0.05) is 6.42 Å². The summed E-state index contributed by atoms with van der Waals surface area (Å²) in [6.45, 7) is 6.57. The van der Waals surface area contributed by atoms with Crippen molar-refractivity contribution in [2.24, 2.45) is 0 Å². The summed E-state index contributed by atoms with van der Waals surface area (Å²) < 4.78 is 30.5. The molecule has 2 heterocycles. The van der Waals surface area contributed by atoms with Gasteiger partial charge in [0.05, 0.1) is 17.3 Å². The molecule has 0 unspecified atom stereocenters. The molecule has 6 heteroatoms. The standard InChI is InChI=1S/C20H28N2O3S/c1-15(2)26(23,24)17-8-10-20(25-3)18(13-17)19-9-7-16(21-19)14-22-11-5-4-6-12-22/h7-10,13,15,21H,4-6,11-12,14H2,1-3H3. The van der Waals surface area contributed by atoms with E-state index in [1.54, 1.807) is 39.2 Å². The maximum Gasteiger partial charge on any atom is 0.180 e. The Labute approximate surface area is 156 Å². The molecule has 1 fully saturated rings. The number of methoxy groups -OCH3 is 1. The Balaban J connectivity index is 1.90. The van der Waals surface area contributed by atoms with E-state index in [-0.39, 0.29) is 0 Å². The number of H-pyrrole nitrogens is 1. The molecule has 1 aliphatic heterocycles. The molecule has 1 aromatic carbocycles. The van der Waals surface area contributed by atoms with E-state index < -0.39 is 15.1 Å². The molecule has 5 nitrogen and oxygen atoms in total. The number of hydrogen-bond acceptors (Lipinski definition) is 4. The molecule has 26 heavy (non-hydrogen) atoms. The number of nitrogens with zero attached hydrogens (tertiary/aromatic N) is 1. The molecule has 0 aliphatic carbocycles. The molecular formula is C20H28N2O3S. The van der Waals surface area contributed by atoms with Gasteiger partial charge < -0.3 is 9.72 Å². The molecule has 0 spiro atoms. The summed E-state index contributed by atoms with van der Waals surface area (Å²) in [5.41, 5.74) is 2.80. The molecule has 1 N–H and O–H groups in total. The molecule has 0 atom stereocenters. The van der Waals surface area contributed by atoms with Gasteiger partial charge in [0, 0.05) is 23.5 Å². The minimum atomic E-state index is -3.33. The number of aromatic nitrogens is 1. The second kappa shape index (κ2) is 7.84. The van der Waals surface area contributed by atoms with Gasteiger partial charge in [0.15, 0.2) is 9.84 Å². The van der Waals surface area contributed by atoms with Crippen molar-refractivity contribution in [3.63, 3.8) is 0 Å². The van der Waals surface area contributed by atoms with E-state index in [9.17, 15) is 8.42 Å². The third-order valence-electron chi connectivity index (χ3n) is 5.00. The first-order valence-electron chi connectivity index (χ1n) is 9.24. The predicted molar refractivity (Wildman–Crippen MR) is 104 cm³/mol. The van der Waals surface area contributed by atoms with Crippen LogP contribution in [0.5, 0.6) is 5.75 Å². The fourth-order valence-electron chi connectivity index (χ4n) is 3.39. The van der Waals surface area contributed by atoms with Crippen LogP contribution in [0.1, 0.15) is 38.8 Å². The number of hydrogen-bond donors (Lipinski definition) is 1. The number of sulfone groups is 1. The Morgan fingerprint density at radius 2 is 1.85 bits per heavy atom. The zero-order chi connectivity index (χ0) is 18.7. The second-order valence-electron chi connectivity index (χ2n) is 7.19. The molecule has 0 saturated carbocycles. The summed E-state index contributed by atoms with van der Waals surface area (Å²) in [6, 6.07) is 9.14. The highest BCUT2D eigenvalue weighted by Crippen LogP contribution is 2.33. The van der Waals surface area contributed by atoms with E-state index in [1.165, 1.54) is 19.3 Å². The summed E-state index contributed by atoms with van der Waals surface area (Å²) in [4.78, 5) is 6.23. The van der Waals surface area contributed by atoms with Crippen LogP contribution in [0.15, 0.2) is 35.2 Å². The molecule has 2 aromatic rings. The van der Waals surface area contributed by atoms with Gasteiger partial charge in [0.25, 0.3) is 0 Å². The normalized spacial score (nSPS) is 16.2. The third-order valence-corrected chi connectivity index (χ3v) is 7.15. The first kappa shape index (κ1) is 19.0. The summed E-state index contributed by atoms with van der Waals surface area (Å²) in [5.74, 6) is 0.666. The highest BCUT2D eigenvalue weighted by Gasteiger charge is 2.21. The maximum absolute atomic E-state index is 12.5. The van der Waals surface area contributed by atoms with Crippen LogP contribution >= 0.6 is 0 Å². The molecule has 1 aromatic heterocycles. The van der Waals surface area contributed by atoms with Crippen molar-refractivity contribution in [2.75, 3.05) is 20.2 Å². The Kier molecular flexibility index (Phi) is 5.73. The SMILES string of the molecule is COc1ccc(S(=O)(=O)C(C)C)cc1-c1ccc(CN2CCCCC2)[nH]1. The van der Waals surface area contributed by atoms with E-state index >= 15 is 0 Å². The van der Waals surface area contributed by atoms with E-state index in [1.807, 2.05) is 6.07 Å². The van der Waals surface area contributed by atoms with Gasteiger partial charge in [-0.05, 0) is 70.1 Å². The number of ether oxygens (including phenoxy) is 1. The highest BCUT2D eigenvalue weighted by molar-refractivity contribution is 7.92. The fraction of sp³-hybridized carbons (Fsp3) is 0.500. The molecular weight excluding hydrogens is 348 g/mol. The summed E-state index contributed by atoms with van der Waals surface area (Å²) in [5, 5.41) is -0.456. The lowest BCUT2D eigenvalue weighted by atomic mass is 10.1. The Morgan fingerprint density at radius 1 is 1.12 bits per heavy atom. The van der Waals surface area contributed by atoms with Gasteiger partial charge in [0.1, 0.15) is 5.75 Å². The smallest absolute Gasteiger partial charge is 0.180 e. The lowest BCUT2D eigenvalue weighted by Gasteiger charge is -2.25. The highest BCUT2D eigenvalue weighted by atomic mass is 32.2. The molecule has 0 bridgehead atoms. The van der Waals surface area contributed by atoms with E-state index in [4.69, 9.17) is 4.74 Å². The Bertz CT molecular complexity index is 850. The number of benzene rings is 1. The monoisotopic (exact) mass is 376 g/mol. The van der Waals surface area contributed by atoms with Crippen LogP contribution in [0, 0.1) is 0 Å². The lowest BCUT2D eigenvalue weighted by Crippen LogP contribution is -2.29. The topological polar surface area (TPSA) is 62.4 Å². The van der Waals surface area contributed by atoms with Crippen molar-refractivity contribution >= 4 is 9.84 Å². The quantitative estimate of drug-likeness (QED) is 0.832. The van der Waals surface area contributed by atoms with Crippen molar-refractivity contribution in [3.8, 4) is 17.0 Å². The minimum absolute atomic E-state index is 0.329. The van der Waals surface area contributed by atoms with Gasteiger partial charge in [-0.25, -0.2) is 8.42 Å². The summed E-state index contributed by atoms with van der Waals surface area (Å²) >= 11 is 0. The van der Waals surface area contributed by atoms with Crippen LogP contribution in [0.25, 0.3) is 11.3 Å². The van der Waals surface area contributed by atoms with Gasteiger partial charge >= 0.3 is 0 Å². The minimum Gasteiger partial charge on any atom is -0.496 e. The van der Waals surface area contributed by atoms with Crippen LogP contribution in [0.2, 0.25) is 0 Å². The first-order chi connectivity index (χ1) is 12.4. The largest absolute Gasteiger partial charge is 0.496 e. The number of piperidine rings is 1. The molecule has 1 aliphatic rings. The van der Waals surface area contributed by atoms with Crippen LogP contribution in [0.3, 0.4) is 0 Å². The number of rotatable bonds is 6. The van der Waals surface area contributed by atoms with Crippen molar-refractivity contribution in [3.05, 3.63) is 36.0 Å². The molecule has 1 saturated heterocycles. The predicted octanol–water partition coefficient (Wildman–Crippen LogP) is 3.86. The molecule has 142 valence electrons. The number of aromatic amines is 1. The van der Waals surface area contributed by atoms with E-state index in [0.29, 0.717) is 10.6 Å². The Hall–Kier alpha value is -1.79. The third kappa shape index (κ3) is 3.96. The van der Waals surface area contributed by atoms with Crippen molar-refractivity contribution in [2.45, 2.75) is 49.8 Å². The van der Waals surface area contributed by atoms with Crippen molar-refractivity contribution < 1.29 is 13.2 Å². The summed E-state index contributed by atoms with van der Waals surface area (Å²) in [6.07, 6.45) is 3.84. The number of nitrogens with one attached hydrogen (secondary N) is 1.